The number of fused-ring (bicyclic) bond motifs is 2. The predicted octanol–water partition coefficient (Wildman–Crippen LogP) is 4.06. The van der Waals surface area contributed by atoms with E-state index in [4.69, 9.17) is 21.3 Å². The molecule has 6 nitrogen and oxygen atoms in total. The number of anilines is 1. The van der Waals surface area contributed by atoms with Crippen molar-refractivity contribution < 1.29 is 14.3 Å². The SMILES string of the molecule is CCN1CCc2nc3ccccc3c(C(=O)OCC(=O)Nc3ccc(Cl)cc3)c2C1. The van der Waals surface area contributed by atoms with Gasteiger partial charge in [0.15, 0.2) is 6.61 Å². The van der Waals surface area contributed by atoms with Crippen molar-refractivity contribution in [1.29, 1.82) is 0 Å². The largest absolute Gasteiger partial charge is 0.452 e. The molecule has 1 aliphatic heterocycles. The standard InChI is InChI=1S/C23H22ClN3O3/c1-2-27-12-11-20-18(13-27)22(17-5-3-4-6-19(17)26-20)23(29)30-14-21(28)25-16-9-7-15(24)8-10-16/h3-10H,2,11-14H2,1H3,(H,25,28). The summed E-state index contributed by atoms with van der Waals surface area (Å²) in [7, 11) is 0. The number of para-hydroxylation sites is 1. The third kappa shape index (κ3) is 4.30. The summed E-state index contributed by atoms with van der Waals surface area (Å²) in [5.41, 5.74) is 3.68. The normalized spacial score (nSPS) is 13.7. The van der Waals surface area contributed by atoms with E-state index in [0.29, 0.717) is 22.8 Å². The number of nitrogens with one attached hydrogen (secondary N) is 1. The van der Waals surface area contributed by atoms with Crippen molar-refractivity contribution in [2.75, 3.05) is 25.0 Å². The molecule has 2 heterocycles. The van der Waals surface area contributed by atoms with Gasteiger partial charge in [-0.25, -0.2) is 4.79 Å². The van der Waals surface area contributed by atoms with Crippen LogP contribution < -0.4 is 5.32 Å². The summed E-state index contributed by atoms with van der Waals surface area (Å²) in [6.45, 7) is 4.17. The molecule has 0 fully saturated rings. The molecule has 3 aromatic rings. The van der Waals surface area contributed by atoms with E-state index in [-0.39, 0.29) is 6.61 Å². The Hall–Kier alpha value is -2.96. The van der Waals surface area contributed by atoms with E-state index in [9.17, 15) is 9.59 Å². The number of benzene rings is 2. The number of hydrogen-bond acceptors (Lipinski definition) is 5. The fraction of sp³-hybridized carbons (Fsp3) is 0.261. The summed E-state index contributed by atoms with van der Waals surface area (Å²) >= 11 is 5.85. The van der Waals surface area contributed by atoms with Crippen LogP contribution in [-0.4, -0.2) is 41.5 Å². The fourth-order valence-corrected chi connectivity index (χ4v) is 3.81. The minimum absolute atomic E-state index is 0.371. The maximum Gasteiger partial charge on any atom is 0.339 e. The van der Waals surface area contributed by atoms with Gasteiger partial charge in [0.05, 0.1) is 11.1 Å². The number of rotatable bonds is 5. The first-order chi connectivity index (χ1) is 14.5. The van der Waals surface area contributed by atoms with Crippen molar-refractivity contribution >= 4 is 40.1 Å². The second kappa shape index (κ2) is 8.81. The Kier molecular flexibility index (Phi) is 5.97. The van der Waals surface area contributed by atoms with Gasteiger partial charge in [0.2, 0.25) is 0 Å². The third-order valence-electron chi connectivity index (χ3n) is 5.24. The molecule has 154 valence electrons. The van der Waals surface area contributed by atoms with Crippen LogP contribution in [0.1, 0.15) is 28.5 Å². The topological polar surface area (TPSA) is 71.5 Å². The van der Waals surface area contributed by atoms with E-state index in [2.05, 4.69) is 17.1 Å². The zero-order chi connectivity index (χ0) is 21.1. The molecule has 1 N–H and O–H groups in total. The Bertz CT molecular complexity index is 1100. The number of nitrogens with zero attached hydrogens (tertiary/aromatic N) is 2. The molecule has 2 aromatic carbocycles. The molecule has 0 saturated carbocycles. The molecule has 1 aromatic heterocycles. The smallest absolute Gasteiger partial charge is 0.339 e. The number of esters is 1. The van der Waals surface area contributed by atoms with Gasteiger partial charge in [0.25, 0.3) is 5.91 Å². The number of hydrogen-bond donors (Lipinski definition) is 1. The van der Waals surface area contributed by atoms with Crippen molar-refractivity contribution in [2.45, 2.75) is 19.9 Å². The van der Waals surface area contributed by atoms with Crippen LogP contribution in [0.2, 0.25) is 5.02 Å². The Morgan fingerprint density at radius 3 is 2.70 bits per heavy atom. The van der Waals surface area contributed by atoms with Crippen LogP contribution in [0.5, 0.6) is 0 Å². The summed E-state index contributed by atoms with van der Waals surface area (Å²) in [4.78, 5) is 32.3. The summed E-state index contributed by atoms with van der Waals surface area (Å²) in [6.07, 6.45) is 0.783. The van der Waals surface area contributed by atoms with Gasteiger partial charge in [-0.3, -0.25) is 14.7 Å². The maximum absolute atomic E-state index is 13.1. The highest BCUT2D eigenvalue weighted by molar-refractivity contribution is 6.30. The van der Waals surface area contributed by atoms with E-state index >= 15 is 0 Å². The van der Waals surface area contributed by atoms with Gasteiger partial charge in [-0.05, 0) is 36.9 Å². The number of carbonyl (C=O) groups is 2. The molecular formula is C23H22ClN3O3. The fourth-order valence-electron chi connectivity index (χ4n) is 3.68. The second-order valence-electron chi connectivity index (χ2n) is 7.18. The minimum atomic E-state index is -0.506. The number of amides is 1. The first-order valence-electron chi connectivity index (χ1n) is 9.90. The molecular weight excluding hydrogens is 402 g/mol. The molecule has 4 rings (SSSR count). The van der Waals surface area contributed by atoms with E-state index in [0.717, 1.165) is 41.7 Å². The number of likely N-dealkylation sites (N-methyl/N-ethyl adjacent to an activating group) is 1. The molecule has 1 amide bonds. The molecule has 30 heavy (non-hydrogen) atoms. The zero-order valence-electron chi connectivity index (χ0n) is 16.7. The van der Waals surface area contributed by atoms with Gasteiger partial charge in [-0.15, -0.1) is 0 Å². The Balaban J connectivity index is 1.56. The van der Waals surface area contributed by atoms with Crippen LogP contribution in [0.15, 0.2) is 48.5 Å². The van der Waals surface area contributed by atoms with Gasteiger partial charge in [-0.2, -0.15) is 0 Å². The number of ether oxygens (including phenoxy) is 1. The van der Waals surface area contributed by atoms with Gasteiger partial charge < -0.3 is 10.1 Å². The van der Waals surface area contributed by atoms with Crippen molar-refractivity contribution in [3.63, 3.8) is 0 Å². The molecule has 0 aliphatic carbocycles. The monoisotopic (exact) mass is 423 g/mol. The van der Waals surface area contributed by atoms with Crippen molar-refractivity contribution in [3.05, 3.63) is 70.4 Å². The number of halogens is 1. The highest BCUT2D eigenvalue weighted by atomic mass is 35.5. The minimum Gasteiger partial charge on any atom is -0.452 e. The van der Waals surface area contributed by atoms with Gasteiger partial charge in [0.1, 0.15) is 0 Å². The van der Waals surface area contributed by atoms with Crippen LogP contribution in [0.3, 0.4) is 0 Å². The predicted molar refractivity (Wildman–Crippen MR) is 117 cm³/mol. The van der Waals surface area contributed by atoms with Crippen molar-refractivity contribution in [3.8, 4) is 0 Å². The summed E-state index contributed by atoms with van der Waals surface area (Å²) in [5, 5.41) is 4.02. The lowest BCUT2D eigenvalue weighted by molar-refractivity contribution is -0.119. The average molecular weight is 424 g/mol. The van der Waals surface area contributed by atoms with Crippen LogP contribution in [0, 0.1) is 0 Å². The van der Waals surface area contributed by atoms with Gasteiger partial charge >= 0.3 is 5.97 Å². The molecule has 0 radical (unpaired) electrons. The van der Waals surface area contributed by atoms with Crippen molar-refractivity contribution in [1.82, 2.24) is 9.88 Å². The van der Waals surface area contributed by atoms with E-state index < -0.39 is 11.9 Å². The Labute approximate surface area is 179 Å². The van der Waals surface area contributed by atoms with E-state index in [1.165, 1.54) is 0 Å². The summed E-state index contributed by atoms with van der Waals surface area (Å²) < 4.78 is 5.41. The molecule has 0 atom stereocenters. The van der Waals surface area contributed by atoms with Crippen LogP contribution >= 0.6 is 11.6 Å². The number of aromatic nitrogens is 1. The molecule has 0 bridgehead atoms. The number of carbonyl (C=O) groups excluding carboxylic acids is 2. The van der Waals surface area contributed by atoms with Gasteiger partial charge in [-0.1, -0.05) is 36.7 Å². The molecule has 7 heteroatoms. The molecule has 0 unspecified atom stereocenters. The summed E-state index contributed by atoms with van der Waals surface area (Å²) in [5.74, 6) is -0.915. The molecule has 1 aliphatic rings. The lowest BCUT2D eigenvalue weighted by atomic mass is 9.96. The van der Waals surface area contributed by atoms with Gasteiger partial charge in [0, 0.05) is 46.9 Å². The Morgan fingerprint density at radius 1 is 1.17 bits per heavy atom. The van der Waals surface area contributed by atoms with E-state index in [1.54, 1.807) is 24.3 Å². The highest BCUT2D eigenvalue weighted by Crippen LogP contribution is 2.28. The van der Waals surface area contributed by atoms with Crippen LogP contribution in [0.4, 0.5) is 5.69 Å². The Morgan fingerprint density at radius 2 is 1.93 bits per heavy atom. The third-order valence-corrected chi connectivity index (χ3v) is 5.49. The lowest BCUT2D eigenvalue weighted by Crippen LogP contribution is -2.32. The first-order valence-corrected chi connectivity index (χ1v) is 10.3. The maximum atomic E-state index is 13.1. The average Bonchev–Trinajstić information content (AvgIpc) is 2.77. The van der Waals surface area contributed by atoms with E-state index in [1.807, 2.05) is 24.3 Å². The van der Waals surface area contributed by atoms with Crippen LogP contribution in [-0.2, 0) is 22.5 Å². The number of pyridine rings is 1. The van der Waals surface area contributed by atoms with Crippen molar-refractivity contribution in [2.24, 2.45) is 0 Å². The highest BCUT2D eigenvalue weighted by Gasteiger charge is 2.26. The quantitative estimate of drug-likeness (QED) is 0.626. The lowest BCUT2D eigenvalue weighted by Gasteiger charge is -2.28. The first kappa shape index (κ1) is 20.3. The molecule has 0 spiro atoms. The van der Waals surface area contributed by atoms with Crippen LogP contribution in [0.25, 0.3) is 10.9 Å². The molecule has 0 saturated heterocycles. The second-order valence-corrected chi connectivity index (χ2v) is 7.62. The summed E-state index contributed by atoms with van der Waals surface area (Å²) in [6, 6.07) is 14.3. The zero-order valence-corrected chi connectivity index (χ0v) is 17.4.